The number of carbonyl (C=O) groups is 2. The summed E-state index contributed by atoms with van der Waals surface area (Å²) in [5, 5.41) is 2.72. The summed E-state index contributed by atoms with van der Waals surface area (Å²) in [6, 6.07) is 9.56. The van der Waals surface area contributed by atoms with Gasteiger partial charge in [-0.05, 0) is 23.1 Å². The molecule has 0 unspecified atom stereocenters. The largest absolute Gasteiger partial charge is 0.411 e. The molecule has 0 radical (unpaired) electrons. The lowest BCUT2D eigenvalue weighted by molar-refractivity contribution is 0.0549. The Labute approximate surface area is 185 Å². The molecule has 2 amide bonds. The van der Waals surface area contributed by atoms with Gasteiger partial charge in [-0.1, -0.05) is 36.4 Å². The summed E-state index contributed by atoms with van der Waals surface area (Å²) in [7, 11) is -5.14. The van der Waals surface area contributed by atoms with Crippen LogP contribution in [0.25, 0.3) is 11.1 Å². The van der Waals surface area contributed by atoms with E-state index in [4.69, 9.17) is 6.42 Å². The number of thiazole rings is 1. The maximum atomic E-state index is 14.0. The Hall–Kier alpha value is -3.62. The number of carbonyl (C=O) groups excluding carboxylic acids is 2. The average Bonchev–Trinajstić information content (AvgIpc) is 3.28. The summed E-state index contributed by atoms with van der Waals surface area (Å²) in [6.45, 7) is 0.139. The molecule has 162 valence electrons. The zero-order valence-electron chi connectivity index (χ0n) is 16.1. The molecule has 2 heterocycles. The monoisotopic (exact) mass is 473 g/mol. The lowest BCUT2D eigenvalue weighted by Gasteiger charge is -2.10. The van der Waals surface area contributed by atoms with E-state index in [1.807, 2.05) is 0 Å². The van der Waals surface area contributed by atoms with E-state index in [-0.39, 0.29) is 12.1 Å². The number of aromatic nitrogens is 1. The van der Waals surface area contributed by atoms with Crippen LogP contribution in [0.1, 0.15) is 20.9 Å². The zero-order chi connectivity index (χ0) is 23.1. The number of hydrogen-bond donors (Lipinski definition) is 2. The number of benzene rings is 2. The summed E-state index contributed by atoms with van der Waals surface area (Å²) in [6.07, 6.45) is 5.23. The van der Waals surface area contributed by atoms with Gasteiger partial charge in [0.15, 0.2) is 5.01 Å². The molecule has 1 aliphatic rings. The quantitative estimate of drug-likeness (QED) is 0.563. The van der Waals surface area contributed by atoms with Crippen molar-refractivity contribution in [2.45, 2.75) is 16.7 Å². The van der Waals surface area contributed by atoms with Crippen LogP contribution in [0.4, 0.5) is 19.4 Å². The second-order valence-corrected chi connectivity index (χ2v) is 9.50. The highest BCUT2D eigenvalue weighted by Gasteiger charge is 2.61. The number of sulfone groups is 1. The van der Waals surface area contributed by atoms with Crippen LogP contribution >= 0.6 is 11.3 Å². The number of terminal acetylenes is 1. The second kappa shape index (κ2) is 7.81. The molecular formula is C21H13F2N3O4S2. The van der Waals surface area contributed by atoms with Crippen molar-refractivity contribution < 1.29 is 26.8 Å². The first-order valence-electron chi connectivity index (χ1n) is 9.01. The van der Waals surface area contributed by atoms with Crippen LogP contribution in [0.3, 0.4) is 0 Å². The lowest BCUT2D eigenvalue weighted by Crippen LogP contribution is -2.30. The van der Waals surface area contributed by atoms with Crippen molar-refractivity contribution in [3.05, 3.63) is 64.0 Å². The van der Waals surface area contributed by atoms with Gasteiger partial charge in [-0.2, -0.15) is 8.78 Å². The first kappa shape index (κ1) is 21.6. The molecule has 0 fully saturated rings. The molecule has 1 aliphatic heterocycles. The molecule has 0 aliphatic carbocycles. The molecule has 0 atom stereocenters. The van der Waals surface area contributed by atoms with Gasteiger partial charge in [-0.15, -0.1) is 17.8 Å². The molecule has 2 N–H and O–H groups in total. The third-order valence-electron chi connectivity index (χ3n) is 4.72. The number of anilines is 1. The van der Waals surface area contributed by atoms with Gasteiger partial charge in [0.1, 0.15) is 5.82 Å². The minimum Gasteiger partial charge on any atom is -0.334 e. The number of Topliss-reactive ketones (excluding diaryl/α,β-unsaturated/α-hetero) is 1. The fraction of sp³-hybridized carbons (Fsp3) is 0.0952. The number of nitrogens with zero attached hydrogens (tertiary/aromatic N) is 1. The summed E-state index contributed by atoms with van der Waals surface area (Å²) in [5.74, 6) is 0.957. The third-order valence-corrected chi connectivity index (χ3v) is 7.33. The van der Waals surface area contributed by atoms with E-state index in [1.165, 1.54) is 35.6 Å². The van der Waals surface area contributed by atoms with Crippen molar-refractivity contribution in [3.8, 4) is 23.5 Å². The molecule has 7 nitrogen and oxygen atoms in total. The molecule has 32 heavy (non-hydrogen) atoms. The van der Waals surface area contributed by atoms with Crippen LogP contribution in [0.5, 0.6) is 0 Å². The van der Waals surface area contributed by atoms with Gasteiger partial charge >= 0.3 is 11.3 Å². The Morgan fingerprint density at radius 3 is 2.50 bits per heavy atom. The van der Waals surface area contributed by atoms with Crippen LogP contribution < -0.4 is 10.6 Å². The smallest absolute Gasteiger partial charge is 0.334 e. The number of nitrogens with one attached hydrogen (secondary N) is 2. The molecule has 0 saturated heterocycles. The van der Waals surface area contributed by atoms with Crippen molar-refractivity contribution in [1.29, 1.82) is 0 Å². The van der Waals surface area contributed by atoms with Crippen LogP contribution in [0.15, 0.2) is 52.7 Å². The van der Waals surface area contributed by atoms with Crippen molar-refractivity contribution in [2.24, 2.45) is 0 Å². The summed E-state index contributed by atoms with van der Waals surface area (Å²) in [5.41, 5.74) is 0.500. The van der Waals surface area contributed by atoms with Crippen LogP contribution in [0.2, 0.25) is 0 Å². The van der Waals surface area contributed by atoms with Gasteiger partial charge in [0.2, 0.25) is 5.78 Å². The van der Waals surface area contributed by atoms with E-state index in [1.54, 1.807) is 17.5 Å². The number of urea groups is 1. The zero-order valence-corrected chi connectivity index (χ0v) is 17.7. The molecule has 0 spiro atoms. The van der Waals surface area contributed by atoms with E-state index in [9.17, 15) is 26.8 Å². The molecule has 2 aromatic carbocycles. The van der Waals surface area contributed by atoms with Crippen molar-refractivity contribution >= 4 is 38.8 Å². The summed E-state index contributed by atoms with van der Waals surface area (Å²) in [4.78, 5) is 27.2. The molecule has 0 bridgehead atoms. The average molecular weight is 473 g/mol. The van der Waals surface area contributed by atoms with Crippen molar-refractivity contribution in [3.63, 3.8) is 0 Å². The number of amides is 2. The fourth-order valence-corrected chi connectivity index (χ4v) is 5.27. The van der Waals surface area contributed by atoms with Crippen molar-refractivity contribution in [2.75, 3.05) is 5.32 Å². The number of rotatable bonds is 4. The maximum absolute atomic E-state index is 14.0. The first-order valence-corrected chi connectivity index (χ1v) is 11.4. The predicted molar refractivity (Wildman–Crippen MR) is 114 cm³/mol. The van der Waals surface area contributed by atoms with Gasteiger partial charge < -0.3 is 5.32 Å². The summed E-state index contributed by atoms with van der Waals surface area (Å²) >= 11 is 1.21. The maximum Gasteiger partial charge on any atom is 0.411 e. The predicted octanol–water partition coefficient (Wildman–Crippen LogP) is 3.68. The van der Waals surface area contributed by atoms with E-state index >= 15 is 0 Å². The lowest BCUT2D eigenvalue weighted by atomic mass is 10.00. The van der Waals surface area contributed by atoms with Gasteiger partial charge in [0, 0.05) is 23.1 Å². The highest BCUT2D eigenvalue weighted by Crippen LogP contribution is 2.45. The van der Waals surface area contributed by atoms with Gasteiger partial charge in [0.25, 0.3) is 9.84 Å². The number of halogens is 2. The molecule has 0 saturated carbocycles. The van der Waals surface area contributed by atoms with Gasteiger partial charge in [-0.3, -0.25) is 10.1 Å². The van der Waals surface area contributed by atoms with E-state index in [0.717, 1.165) is 6.07 Å². The molecule has 3 aromatic rings. The summed E-state index contributed by atoms with van der Waals surface area (Å²) < 4.78 is 52.6. The molecule has 1 aromatic heterocycles. The number of hydrogen-bond acceptors (Lipinski definition) is 6. The number of ketones is 1. The molecular weight excluding hydrogens is 460 g/mol. The SMILES string of the molecule is C#Cc1nc(NC(=O)NCc2ccc(-c3cccc4c3S(=O)(=O)C(F)(F)C4=O)cc2)cs1. The van der Waals surface area contributed by atoms with E-state index in [0.29, 0.717) is 22.0 Å². The Bertz CT molecular complexity index is 1390. The Morgan fingerprint density at radius 2 is 1.84 bits per heavy atom. The first-order chi connectivity index (χ1) is 15.1. The highest BCUT2D eigenvalue weighted by atomic mass is 32.2. The van der Waals surface area contributed by atoms with E-state index in [2.05, 4.69) is 21.5 Å². The molecule has 4 rings (SSSR count). The van der Waals surface area contributed by atoms with E-state index < -0.39 is 37.4 Å². The van der Waals surface area contributed by atoms with Crippen molar-refractivity contribution in [1.82, 2.24) is 10.3 Å². The number of fused-ring (bicyclic) bond motifs is 1. The highest BCUT2D eigenvalue weighted by molar-refractivity contribution is 7.94. The minimum absolute atomic E-state index is 0.0122. The standard InChI is InChI=1S/C21H13F2N3O4S2/c1-2-17-25-16(11-31-17)26-20(28)24-10-12-6-8-13(9-7-12)14-4-3-5-15-18(14)32(29,30)21(22,23)19(15)27/h1,3-9,11H,10H2,(H2,24,26,28). The second-order valence-electron chi connectivity index (χ2n) is 6.72. The topological polar surface area (TPSA) is 105 Å². The van der Waals surface area contributed by atoms with Gasteiger partial charge in [-0.25, -0.2) is 18.2 Å². The van der Waals surface area contributed by atoms with Crippen LogP contribution in [-0.4, -0.2) is 30.5 Å². The Kier molecular flexibility index (Phi) is 5.28. The fourth-order valence-electron chi connectivity index (χ4n) is 3.18. The normalized spacial score (nSPS) is 15.6. The third kappa shape index (κ3) is 3.53. The Balaban J connectivity index is 1.51. The van der Waals surface area contributed by atoms with Crippen LogP contribution in [-0.2, 0) is 16.4 Å². The minimum atomic E-state index is -5.14. The molecule has 11 heteroatoms. The Morgan fingerprint density at radius 1 is 1.16 bits per heavy atom. The number of alkyl halides is 2. The van der Waals surface area contributed by atoms with Gasteiger partial charge in [0.05, 0.1) is 4.90 Å². The van der Waals surface area contributed by atoms with Crippen LogP contribution in [0, 0.1) is 12.3 Å².